The van der Waals surface area contributed by atoms with E-state index in [0.29, 0.717) is 18.8 Å². The number of benzene rings is 1. The summed E-state index contributed by atoms with van der Waals surface area (Å²) in [5.41, 5.74) is 1.39. The summed E-state index contributed by atoms with van der Waals surface area (Å²) in [4.78, 5) is 0. The fourth-order valence-electron chi connectivity index (χ4n) is 2.57. The highest BCUT2D eigenvalue weighted by molar-refractivity contribution is 7.88. The van der Waals surface area contributed by atoms with E-state index in [1.54, 1.807) is 6.07 Å². The summed E-state index contributed by atoms with van der Waals surface area (Å²) in [5.74, 6) is -0.157. The lowest BCUT2D eigenvalue weighted by atomic mass is 10.1. The lowest BCUT2D eigenvalue weighted by Gasteiger charge is -2.37. The zero-order valence-electron chi connectivity index (χ0n) is 12.3. The molecule has 1 fully saturated rings. The van der Waals surface area contributed by atoms with E-state index in [2.05, 4.69) is 5.16 Å². The van der Waals surface area contributed by atoms with E-state index >= 15 is 0 Å². The van der Waals surface area contributed by atoms with Gasteiger partial charge in [0.2, 0.25) is 10.0 Å². The number of hydrogen-bond donors (Lipinski definition) is 0. The molecule has 0 spiro atoms. The fourth-order valence-corrected chi connectivity index (χ4v) is 4.23. The van der Waals surface area contributed by atoms with Gasteiger partial charge in [-0.3, -0.25) is 0 Å². The normalized spacial score (nSPS) is 23.5. The van der Waals surface area contributed by atoms with Gasteiger partial charge in [0, 0.05) is 18.7 Å². The molecule has 0 aliphatic carbocycles. The molecule has 3 rings (SSSR count). The molecule has 1 aromatic heterocycles. The molecule has 2 heterocycles. The molecule has 1 aliphatic heterocycles. The molecule has 7 heteroatoms. The Hall–Kier alpha value is -1.70. The molecule has 0 amide bonds. The van der Waals surface area contributed by atoms with Gasteiger partial charge < -0.3 is 9.26 Å². The van der Waals surface area contributed by atoms with E-state index in [-0.39, 0.29) is 17.9 Å². The second-order valence-electron chi connectivity index (χ2n) is 5.40. The Kier molecular flexibility index (Phi) is 4.28. The molecule has 6 nitrogen and oxygen atoms in total. The zero-order valence-corrected chi connectivity index (χ0v) is 13.1. The van der Waals surface area contributed by atoms with Crippen molar-refractivity contribution in [2.75, 3.05) is 13.2 Å². The number of nitrogens with zero attached hydrogens (tertiary/aromatic N) is 2. The average molecular weight is 322 g/mol. The molecule has 0 bridgehead atoms. The molecule has 0 saturated carbocycles. The summed E-state index contributed by atoms with van der Waals surface area (Å²) in [6.07, 6.45) is 1.13. The topological polar surface area (TPSA) is 72.6 Å². The van der Waals surface area contributed by atoms with Crippen LogP contribution in [0.4, 0.5) is 0 Å². The van der Waals surface area contributed by atoms with Gasteiger partial charge in [0.15, 0.2) is 0 Å². The second-order valence-corrected chi connectivity index (χ2v) is 7.32. The van der Waals surface area contributed by atoms with Crippen LogP contribution in [0.2, 0.25) is 0 Å². The first kappa shape index (κ1) is 15.2. The fraction of sp³-hybridized carbons (Fsp3) is 0.400. The zero-order chi connectivity index (χ0) is 15.6. The van der Waals surface area contributed by atoms with Crippen molar-refractivity contribution < 1.29 is 17.7 Å². The molecule has 1 aromatic carbocycles. The van der Waals surface area contributed by atoms with Crippen molar-refractivity contribution in [3.05, 3.63) is 53.9 Å². The van der Waals surface area contributed by atoms with Crippen molar-refractivity contribution in [3.63, 3.8) is 0 Å². The maximum atomic E-state index is 12.6. The van der Waals surface area contributed by atoms with Crippen molar-refractivity contribution in [1.82, 2.24) is 9.46 Å². The molecular weight excluding hydrogens is 304 g/mol. The van der Waals surface area contributed by atoms with Crippen molar-refractivity contribution in [3.8, 4) is 0 Å². The maximum Gasteiger partial charge on any atom is 0.220 e. The van der Waals surface area contributed by atoms with Crippen LogP contribution < -0.4 is 0 Å². The quantitative estimate of drug-likeness (QED) is 0.860. The molecular formula is C15H18N2O4S. The number of ether oxygens (including phenoxy) is 1. The number of sulfonamides is 1. The summed E-state index contributed by atoms with van der Waals surface area (Å²) in [6.45, 7) is 2.53. The van der Waals surface area contributed by atoms with Gasteiger partial charge in [0.05, 0.1) is 18.4 Å². The number of morpholine rings is 1. The minimum atomic E-state index is -3.47. The standard InChI is InChI=1S/C15H18N2O4S/c1-12-10-20-15(13-5-3-2-4-6-13)9-17(12)22(18,19)11-14-7-8-21-16-14/h2-8,12,15H,9-11H2,1H3/t12-,15-/m1/s1. The van der Waals surface area contributed by atoms with Crippen LogP contribution in [0.5, 0.6) is 0 Å². The van der Waals surface area contributed by atoms with Gasteiger partial charge >= 0.3 is 0 Å². The predicted molar refractivity (Wildman–Crippen MR) is 80.4 cm³/mol. The van der Waals surface area contributed by atoms with Gasteiger partial charge in [0.25, 0.3) is 0 Å². The highest BCUT2D eigenvalue weighted by Gasteiger charge is 2.35. The SMILES string of the molecule is C[C@@H]1CO[C@@H](c2ccccc2)CN1S(=O)(=O)Cc1ccon1. The highest BCUT2D eigenvalue weighted by atomic mass is 32.2. The molecule has 1 saturated heterocycles. The summed E-state index contributed by atoms with van der Waals surface area (Å²) in [5, 5.41) is 3.69. The van der Waals surface area contributed by atoms with E-state index in [0.717, 1.165) is 5.56 Å². The van der Waals surface area contributed by atoms with Gasteiger partial charge in [-0.05, 0) is 12.5 Å². The second kappa shape index (κ2) is 6.20. The molecule has 0 N–H and O–H groups in total. The van der Waals surface area contributed by atoms with E-state index in [9.17, 15) is 8.42 Å². The van der Waals surface area contributed by atoms with Crippen molar-refractivity contribution >= 4 is 10.0 Å². The first-order chi connectivity index (χ1) is 10.6. The molecule has 2 atom stereocenters. The van der Waals surface area contributed by atoms with E-state index in [1.807, 2.05) is 37.3 Å². The van der Waals surface area contributed by atoms with Gasteiger partial charge in [0.1, 0.15) is 12.0 Å². The molecule has 0 radical (unpaired) electrons. The lowest BCUT2D eigenvalue weighted by molar-refractivity contribution is -0.0289. The molecule has 0 unspecified atom stereocenters. The minimum Gasteiger partial charge on any atom is -0.370 e. The molecule has 1 aliphatic rings. The van der Waals surface area contributed by atoms with E-state index in [1.165, 1.54) is 10.6 Å². The third-order valence-corrected chi connectivity index (χ3v) is 5.61. The van der Waals surface area contributed by atoms with Crippen LogP contribution >= 0.6 is 0 Å². The Morgan fingerprint density at radius 1 is 1.27 bits per heavy atom. The summed E-state index contributed by atoms with van der Waals surface area (Å²) < 4.78 is 37.3. The van der Waals surface area contributed by atoms with Crippen LogP contribution in [0, 0.1) is 0 Å². The third kappa shape index (κ3) is 3.21. The van der Waals surface area contributed by atoms with Crippen molar-refractivity contribution in [2.24, 2.45) is 0 Å². The largest absolute Gasteiger partial charge is 0.370 e. The monoisotopic (exact) mass is 322 g/mol. The number of rotatable bonds is 4. The smallest absolute Gasteiger partial charge is 0.220 e. The first-order valence-electron chi connectivity index (χ1n) is 7.11. The molecule has 22 heavy (non-hydrogen) atoms. The first-order valence-corrected chi connectivity index (χ1v) is 8.72. The highest BCUT2D eigenvalue weighted by Crippen LogP contribution is 2.27. The maximum absolute atomic E-state index is 12.6. The molecule has 118 valence electrons. The Morgan fingerprint density at radius 3 is 2.73 bits per heavy atom. The van der Waals surface area contributed by atoms with Gasteiger partial charge in [-0.2, -0.15) is 4.31 Å². The van der Waals surface area contributed by atoms with E-state index in [4.69, 9.17) is 9.26 Å². The third-order valence-electron chi connectivity index (χ3n) is 3.73. The van der Waals surface area contributed by atoms with Crippen LogP contribution in [0.1, 0.15) is 24.3 Å². The Bertz CT molecular complexity index is 700. The van der Waals surface area contributed by atoms with Crippen molar-refractivity contribution in [1.29, 1.82) is 0 Å². The summed E-state index contributed by atoms with van der Waals surface area (Å²) >= 11 is 0. The Morgan fingerprint density at radius 2 is 2.05 bits per heavy atom. The van der Waals surface area contributed by atoms with Crippen LogP contribution in [0.25, 0.3) is 0 Å². The summed E-state index contributed by atoms with van der Waals surface area (Å²) in [7, 11) is -3.47. The van der Waals surface area contributed by atoms with Crippen molar-refractivity contribution in [2.45, 2.75) is 24.8 Å². The van der Waals surface area contributed by atoms with Crippen LogP contribution in [-0.4, -0.2) is 37.1 Å². The van der Waals surface area contributed by atoms with Gasteiger partial charge in [-0.1, -0.05) is 35.5 Å². The minimum absolute atomic E-state index is 0.157. The van der Waals surface area contributed by atoms with Gasteiger partial charge in [-0.25, -0.2) is 8.42 Å². The summed E-state index contributed by atoms with van der Waals surface area (Å²) in [6, 6.07) is 11.0. The Balaban J connectivity index is 1.79. The van der Waals surface area contributed by atoms with Crippen LogP contribution in [0.15, 0.2) is 47.2 Å². The predicted octanol–water partition coefficient (Wildman–Crippen LogP) is 1.97. The van der Waals surface area contributed by atoms with Crippen LogP contribution in [0.3, 0.4) is 0 Å². The van der Waals surface area contributed by atoms with Crippen LogP contribution in [-0.2, 0) is 20.5 Å². The number of hydrogen-bond acceptors (Lipinski definition) is 5. The average Bonchev–Trinajstić information content (AvgIpc) is 3.00. The molecule has 2 aromatic rings. The lowest BCUT2D eigenvalue weighted by Crippen LogP contribution is -2.48. The Labute approximate surface area is 129 Å². The number of aromatic nitrogens is 1. The van der Waals surface area contributed by atoms with E-state index < -0.39 is 10.0 Å². The van der Waals surface area contributed by atoms with Gasteiger partial charge in [-0.15, -0.1) is 0 Å².